The number of hydrogen-bond acceptors (Lipinski definition) is 4. The molecule has 4 atom stereocenters. The van der Waals surface area contributed by atoms with E-state index >= 15 is 0 Å². The van der Waals surface area contributed by atoms with Gasteiger partial charge in [-0.15, -0.1) is 0 Å². The van der Waals surface area contributed by atoms with Crippen molar-refractivity contribution in [3.63, 3.8) is 0 Å². The predicted molar refractivity (Wildman–Crippen MR) is 153 cm³/mol. The Bertz CT molecular complexity index is 949. The molecule has 2 rings (SSSR count). The Morgan fingerprint density at radius 2 is 1.66 bits per heavy atom. The van der Waals surface area contributed by atoms with Gasteiger partial charge in [0.25, 0.3) is 0 Å². The monoisotopic (exact) mass is 529 g/mol. The average Bonchev–Trinajstić information content (AvgIpc) is 2.86. The van der Waals surface area contributed by atoms with E-state index in [9.17, 15) is 14.4 Å². The van der Waals surface area contributed by atoms with Gasteiger partial charge in [0, 0.05) is 12.1 Å². The van der Waals surface area contributed by atoms with Crippen LogP contribution in [-0.2, 0) is 14.3 Å². The number of nitrogens with one attached hydrogen (secondary N) is 2. The van der Waals surface area contributed by atoms with E-state index in [1.54, 1.807) is 25.7 Å². The number of benzene rings is 1. The molecule has 1 aliphatic carbocycles. The van der Waals surface area contributed by atoms with E-state index < -0.39 is 23.8 Å². The van der Waals surface area contributed by atoms with Crippen LogP contribution in [0.5, 0.6) is 0 Å². The fourth-order valence-corrected chi connectivity index (χ4v) is 5.09. The van der Waals surface area contributed by atoms with Crippen LogP contribution in [0.25, 0.3) is 0 Å². The number of carbonyl (C=O) groups excluding carboxylic acids is 3. The highest BCUT2D eigenvalue weighted by atomic mass is 16.6. The van der Waals surface area contributed by atoms with Crippen LogP contribution in [0.1, 0.15) is 116 Å². The second-order valence-electron chi connectivity index (χ2n) is 12.0. The molecule has 1 saturated carbocycles. The summed E-state index contributed by atoms with van der Waals surface area (Å²) < 4.78 is 5.51. The van der Waals surface area contributed by atoms with Crippen LogP contribution in [0, 0.1) is 19.8 Å². The van der Waals surface area contributed by atoms with Crippen molar-refractivity contribution < 1.29 is 19.1 Å². The molecule has 4 unspecified atom stereocenters. The highest BCUT2D eigenvalue weighted by Gasteiger charge is 2.41. The molecule has 7 heteroatoms. The molecule has 0 heterocycles. The molecular weight excluding hydrogens is 478 g/mol. The second-order valence-corrected chi connectivity index (χ2v) is 12.0. The van der Waals surface area contributed by atoms with Gasteiger partial charge in [-0.1, -0.05) is 64.7 Å². The Morgan fingerprint density at radius 1 is 1.03 bits per heavy atom. The quantitative estimate of drug-likeness (QED) is 0.369. The van der Waals surface area contributed by atoms with E-state index in [1.165, 1.54) is 6.42 Å². The summed E-state index contributed by atoms with van der Waals surface area (Å²) in [5.74, 6) is -0.564. The molecule has 3 amide bonds. The van der Waals surface area contributed by atoms with Gasteiger partial charge in [0.05, 0.1) is 0 Å². The van der Waals surface area contributed by atoms with Crippen molar-refractivity contribution >= 4 is 17.9 Å². The Hall–Kier alpha value is -2.57. The molecule has 0 saturated heterocycles. The Kier molecular flexibility index (Phi) is 11.7. The van der Waals surface area contributed by atoms with Gasteiger partial charge in [0.1, 0.15) is 17.7 Å². The minimum atomic E-state index is -0.820. The number of aryl methyl sites for hydroxylation is 1. The molecule has 0 radical (unpaired) electrons. The molecular formula is C31H51N3O4. The van der Waals surface area contributed by atoms with Crippen molar-refractivity contribution in [1.29, 1.82) is 0 Å². The van der Waals surface area contributed by atoms with Gasteiger partial charge in [0.15, 0.2) is 0 Å². The minimum absolute atomic E-state index is 0.114. The number of nitrogens with zero attached hydrogens (tertiary/aromatic N) is 1. The molecule has 1 aromatic carbocycles. The number of carbonyl (C=O) groups is 3. The first-order chi connectivity index (χ1) is 17.8. The van der Waals surface area contributed by atoms with Gasteiger partial charge < -0.3 is 20.3 Å². The zero-order valence-corrected chi connectivity index (χ0v) is 25.1. The Balaban J connectivity index is 2.57. The van der Waals surface area contributed by atoms with Crippen LogP contribution >= 0.6 is 0 Å². The van der Waals surface area contributed by atoms with Crippen LogP contribution in [0.4, 0.5) is 4.79 Å². The molecule has 0 aromatic heterocycles. The first kappa shape index (κ1) is 31.6. The van der Waals surface area contributed by atoms with Crippen molar-refractivity contribution in [3.8, 4) is 0 Å². The first-order valence-electron chi connectivity index (χ1n) is 14.5. The Morgan fingerprint density at radius 3 is 2.21 bits per heavy atom. The van der Waals surface area contributed by atoms with Crippen LogP contribution in [0.15, 0.2) is 18.2 Å². The molecule has 2 N–H and O–H groups in total. The lowest BCUT2D eigenvalue weighted by Gasteiger charge is -2.40. The molecule has 214 valence electrons. The van der Waals surface area contributed by atoms with Crippen molar-refractivity contribution in [2.45, 2.75) is 137 Å². The molecule has 0 aliphatic heterocycles. The molecule has 1 aliphatic rings. The van der Waals surface area contributed by atoms with Crippen molar-refractivity contribution in [2.75, 3.05) is 0 Å². The highest BCUT2D eigenvalue weighted by molar-refractivity contribution is 5.93. The summed E-state index contributed by atoms with van der Waals surface area (Å²) in [5, 5.41) is 6.14. The zero-order valence-electron chi connectivity index (χ0n) is 25.1. The van der Waals surface area contributed by atoms with E-state index in [-0.39, 0.29) is 29.8 Å². The van der Waals surface area contributed by atoms with Gasteiger partial charge in [-0.3, -0.25) is 9.59 Å². The fraction of sp³-hybridized carbons (Fsp3) is 0.710. The summed E-state index contributed by atoms with van der Waals surface area (Å²) in [5.41, 5.74) is 2.20. The van der Waals surface area contributed by atoms with Gasteiger partial charge >= 0.3 is 6.09 Å². The SMILES string of the molecule is CCC(C)C(NC(=O)OC(C)(C)C)C(=O)N(C(C)CC)C(C(=O)NC1CCCCC1)c1cccc(C)c1C. The maximum absolute atomic E-state index is 14.4. The van der Waals surface area contributed by atoms with E-state index in [2.05, 4.69) is 10.6 Å². The number of alkyl carbamates (subject to hydrolysis) is 1. The predicted octanol–water partition coefficient (Wildman–Crippen LogP) is 6.36. The summed E-state index contributed by atoms with van der Waals surface area (Å²) in [4.78, 5) is 43.0. The summed E-state index contributed by atoms with van der Waals surface area (Å²) in [6, 6.07) is 4.19. The molecule has 38 heavy (non-hydrogen) atoms. The third-order valence-corrected chi connectivity index (χ3v) is 7.89. The van der Waals surface area contributed by atoms with Gasteiger partial charge in [-0.25, -0.2) is 4.79 Å². The lowest BCUT2D eigenvalue weighted by atomic mass is 9.90. The largest absolute Gasteiger partial charge is 0.444 e. The highest BCUT2D eigenvalue weighted by Crippen LogP contribution is 2.31. The van der Waals surface area contributed by atoms with E-state index in [0.717, 1.165) is 42.4 Å². The van der Waals surface area contributed by atoms with Crippen LogP contribution in [0.2, 0.25) is 0 Å². The lowest BCUT2D eigenvalue weighted by Crippen LogP contribution is -2.58. The summed E-state index contributed by atoms with van der Waals surface area (Å²) in [6.07, 6.45) is 6.03. The van der Waals surface area contributed by atoms with E-state index in [0.29, 0.717) is 12.8 Å². The van der Waals surface area contributed by atoms with Crippen molar-refractivity contribution in [3.05, 3.63) is 34.9 Å². The maximum Gasteiger partial charge on any atom is 0.408 e. The number of amides is 3. The smallest absolute Gasteiger partial charge is 0.408 e. The van der Waals surface area contributed by atoms with E-state index in [1.807, 2.05) is 59.7 Å². The van der Waals surface area contributed by atoms with Gasteiger partial charge in [0.2, 0.25) is 11.8 Å². The summed E-state index contributed by atoms with van der Waals surface area (Å²) >= 11 is 0. The molecule has 7 nitrogen and oxygen atoms in total. The molecule has 0 spiro atoms. The van der Waals surface area contributed by atoms with Gasteiger partial charge in [-0.05, 0) is 83.4 Å². The number of ether oxygens (including phenoxy) is 1. The number of hydrogen-bond donors (Lipinski definition) is 2. The molecule has 0 bridgehead atoms. The topological polar surface area (TPSA) is 87.7 Å². The van der Waals surface area contributed by atoms with E-state index in [4.69, 9.17) is 4.74 Å². The lowest BCUT2D eigenvalue weighted by molar-refractivity contribution is -0.146. The minimum Gasteiger partial charge on any atom is -0.444 e. The number of rotatable bonds is 10. The standard InChI is InChI=1S/C31H51N3O4/c1-10-20(3)26(33-30(37)38-31(7,8)9)29(36)34(22(5)11-2)27(25-19-15-16-21(4)23(25)6)28(35)32-24-17-13-12-14-18-24/h15-16,19-20,22,24,26-27H,10-14,17-18H2,1-9H3,(H,32,35)(H,33,37). The Labute approximate surface area is 230 Å². The maximum atomic E-state index is 14.4. The van der Waals surface area contributed by atoms with Crippen molar-refractivity contribution in [1.82, 2.24) is 15.5 Å². The zero-order chi connectivity index (χ0) is 28.6. The van der Waals surface area contributed by atoms with Crippen LogP contribution in [-0.4, -0.2) is 46.5 Å². The van der Waals surface area contributed by atoms with Crippen LogP contribution < -0.4 is 10.6 Å². The van der Waals surface area contributed by atoms with Crippen molar-refractivity contribution in [2.24, 2.45) is 5.92 Å². The fourth-order valence-electron chi connectivity index (χ4n) is 5.09. The third kappa shape index (κ3) is 8.47. The van der Waals surface area contributed by atoms with Crippen LogP contribution in [0.3, 0.4) is 0 Å². The average molecular weight is 530 g/mol. The van der Waals surface area contributed by atoms with Gasteiger partial charge in [-0.2, -0.15) is 0 Å². The normalized spacial score (nSPS) is 17.6. The third-order valence-electron chi connectivity index (χ3n) is 7.89. The first-order valence-corrected chi connectivity index (χ1v) is 14.5. The molecule has 1 aromatic rings. The molecule has 1 fully saturated rings. The second kappa shape index (κ2) is 14.0. The summed E-state index contributed by atoms with van der Waals surface area (Å²) in [6.45, 7) is 17.4. The summed E-state index contributed by atoms with van der Waals surface area (Å²) in [7, 11) is 0.